The van der Waals surface area contributed by atoms with Crippen molar-refractivity contribution >= 4 is 0 Å². The number of piperidine rings is 2. The van der Waals surface area contributed by atoms with Crippen LogP contribution in [0, 0.1) is 17.3 Å². The van der Waals surface area contributed by atoms with E-state index in [0.29, 0.717) is 5.41 Å². The third-order valence-corrected chi connectivity index (χ3v) is 5.50. The molecule has 2 saturated heterocycles. The standard InChI is InChI=1S/C17H34N2/c1-13(2)14-8-10-18-15(11-14)12-17(3,4)16-7-5-6-9-19-16/h13-16,18-19H,5-12H2,1-4H3. The van der Waals surface area contributed by atoms with E-state index in [1.807, 2.05) is 0 Å². The van der Waals surface area contributed by atoms with Crippen molar-refractivity contribution in [1.29, 1.82) is 0 Å². The van der Waals surface area contributed by atoms with Gasteiger partial charge in [-0.1, -0.05) is 34.1 Å². The average Bonchev–Trinajstić information content (AvgIpc) is 2.39. The van der Waals surface area contributed by atoms with Crippen molar-refractivity contribution in [2.24, 2.45) is 17.3 Å². The SMILES string of the molecule is CC(C)C1CCNC(CC(C)(C)C2CCCCN2)C1. The van der Waals surface area contributed by atoms with Gasteiger partial charge in [0.05, 0.1) is 0 Å². The molecular formula is C17H34N2. The summed E-state index contributed by atoms with van der Waals surface area (Å²) in [6, 6.07) is 1.46. The van der Waals surface area contributed by atoms with Gasteiger partial charge in [-0.15, -0.1) is 0 Å². The van der Waals surface area contributed by atoms with Crippen LogP contribution in [0.25, 0.3) is 0 Å². The molecule has 2 nitrogen and oxygen atoms in total. The molecular weight excluding hydrogens is 232 g/mol. The van der Waals surface area contributed by atoms with Crippen LogP contribution in [-0.2, 0) is 0 Å². The molecule has 0 amide bonds. The Morgan fingerprint density at radius 3 is 2.47 bits per heavy atom. The topological polar surface area (TPSA) is 24.1 Å². The molecule has 0 aromatic heterocycles. The fourth-order valence-electron chi connectivity index (χ4n) is 4.10. The third-order valence-electron chi connectivity index (χ3n) is 5.50. The Kier molecular flexibility index (Phi) is 5.30. The fourth-order valence-corrected chi connectivity index (χ4v) is 4.10. The van der Waals surface area contributed by atoms with Crippen molar-refractivity contribution in [3.63, 3.8) is 0 Å². The van der Waals surface area contributed by atoms with Gasteiger partial charge < -0.3 is 10.6 Å². The maximum absolute atomic E-state index is 3.77. The Hall–Kier alpha value is -0.0800. The van der Waals surface area contributed by atoms with Gasteiger partial charge in [0.25, 0.3) is 0 Å². The second kappa shape index (κ2) is 6.58. The van der Waals surface area contributed by atoms with Gasteiger partial charge in [0.1, 0.15) is 0 Å². The second-order valence-corrected chi connectivity index (χ2v) is 7.87. The first kappa shape index (κ1) is 15.3. The summed E-state index contributed by atoms with van der Waals surface area (Å²) < 4.78 is 0. The largest absolute Gasteiger partial charge is 0.314 e. The molecule has 2 N–H and O–H groups in total. The van der Waals surface area contributed by atoms with Crippen LogP contribution in [0.3, 0.4) is 0 Å². The summed E-state index contributed by atoms with van der Waals surface area (Å²) in [6.45, 7) is 12.2. The lowest BCUT2D eigenvalue weighted by Gasteiger charge is -2.42. The Morgan fingerprint density at radius 1 is 1.05 bits per heavy atom. The van der Waals surface area contributed by atoms with Crippen molar-refractivity contribution < 1.29 is 0 Å². The lowest BCUT2D eigenvalue weighted by Crippen LogP contribution is -2.49. The van der Waals surface area contributed by atoms with Crippen LogP contribution in [-0.4, -0.2) is 25.2 Å². The molecule has 2 heteroatoms. The van der Waals surface area contributed by atoms with Gasteiger partial charge in [0.15, 0.2) is 0 Å². The molecule has 2 heterocycles. The molecule has 2 aliphatic heterocycles. The predicted octanol–water partition coefficient (Wildman–Crippen LogP) is 3.57. The fraction of sp³-hybridized carbons (Fsp3) is 1.00. The van der Waals surface area contributed by atoms with Crippen LogP contribution in [0.1, 0.15) is 66.2 Å². The number of hydrogen-bond donors (Lipinski definition) is 2. The molecule has 0 aromatic rings. The quantitative estimate of drug-likeness (QED) is 0.813. The highest BCUT2D eigenvalue weighted by Crippen LogP contribution is 2.35. The molecule has 0 aromatic carbocycles. The molecule has 0 spiro atoms. The van der Waals surface area contributed by atoms with Crippen molar-refractivity contribution in [3.8, 4) is 0 Å². The minimum Gasteiger partial charge on any atom is -0.314 e. The van der Waals surface area contributed by atoms with E-state index >= 15 is 0 Å². The molecule has 3 atom stereocenters. The maximum Gasteiger partial charge on any atom is 0.0119 e. The van der Waals surface area contributed by atoms with Gasteiger partial charge in [-0.2, -0.15) is 0 Å². The van der Waals surface area contributed by atoms with E-state index in [2.05, 4.69) is 38.3 Å². The van der Waals surface area contributed by atoms with E-state index in [0.717, 1.165) is 23.9 Å². The summed E-state index contributed by atoms with van der Waals surface area (Å²) in [5.74, 6) is 1.78. The van der Waals surface area contributed by atoms with Crippen LogP contribution in [0.2, 0.25) is 0 Å². The zero-order valence-electron chi connectivity index (χ0n) is 13.5. The highest BCUT2D eigenvalue weighted by molar-refractivity contribution is 4.91. The first-order chi connectivity index (χ1) is 8.99. The van der Waals surface area contributed by atoms with Crippen LogP contribution in [0.15, 0.2) is 0 Å². The molecule has 2 rings (SSSR count). The highest BCUT2D eigenvalue weighted by Gasteiger charge is 2.34. The van der Waals surface area contributed by atoms with Gasteiger partial charge in [0, 0.05) is 12.1 Å². The van der Waals surface area contributed by atoms with E-state index in [4.69, 9.17) is 0 Å². The molecule has 0 bridgehead atoms. The van der Waals surface area contributed by atoms with Crippen molar-refractivity contribution in [1.82, 2.24) is 10.6 Å². The zero-order valence-corrected chi connectivity index (χ0v) is 13.5. The van der Waals surface area contributed by atoms with E-state index in [9.17, 15) is 0 Å². The van der Waals surface area contributed by atoms with Crippen molar-refractivity contribution in [2.45, 2.75) is 78.3 Å². The van der Waals surface area contributed by atoms with E-state index in [1.165, 1.54) is 51.6 Å². The molecule has 112 valence electrons. The summed E-state index contributed by atoms with van der Waals surface area (Å²) in [4.78, 5) is 0. The van der Waals surface area contributed by atoms with Crippen molar-refractivity contribution in [2.75, 3.05) is 13.1 Å². The Labute approximate surface area is 120 Å². The van der Waals surface area contributed by atoms with E-state index < -0.39 is 0 Å². The highest BCUT2D eigenvalue weighted by atomic mass is 15.0. The van der Waals surface area contributed by atoms with Crippen molar-refractivity contribution in [3.05, 3.63) is 0 Å². The zero-order chi connectivity index (χ0) is 13.9. The Morgan fingerprint density at radius 2 is 1.84 bits per heavy atom. The van der Waals surface area contributed by atoms with Gasteiger partial charge in [-0.3, -0.25) is 0 Å². The minimum absolute atomic E-state index is 0.428. The maximum atomic E-state index is 3.77. The van der Waals surface area contributed by atoms with Crippen LogP contribution >= 0.6 is 0 Å². The van der Waals surface area contributed by atoms with Gasteiger partial charge in [0.2, 0.25) is 0 Å². The summed E-state index contributed by atoms with van der Waals surface area (Å²) in [6.07, 6.45) is 8.22. The monoisotopic (exact) mass is 266 g/mol. The molecule has 2 fully saturated rings. The van der Waals surface area contributed by atoms with Crippen LogP contribution in [0.5, 0.6) is 0 Å². The lowest BCUT2D eigenvalue weighted by atomic mass is 9.72. The smallest absolute Gasteiger partial charge is 0.0119 e. The van der Waals surface area contributed by atoms with E-state index in [1.54, 1.807) is 0 Å². The molecule has 0 radical (unpaired) electrons. The molecule has 2 aliphatic rings. The van der Waals surface area contributed by atoms with Crippen LogP contribution in [0.4, 0.5) is 0 Å². The third kappa shape index (κ3) is 4.19. The summed E-state index contributed by atoms with van der Waals surface area (Å²) in [5.41, 5.74) is 0.428. The van der Waals surface area contributed by atoms with Crippen LogP contribution < -0.4 is 10.6 Å². The predicted molar refractivity (Wildman–Crippen MR) is 83.4 cm³/mol. The Bertz CT molecular complexity index is 266. The van der Waals surface area contributed by atoms with Gasteiger partial charge in [-0.25, -0.2) is 0 Å². The molecule has 0 aliphatic carbocycles. The lowest BCUT2D eigenvalue weighted by molar-refractivity contribution is 0.140. The summed E-state index contributed by atoms with van der Waals surface area (Å²) in [7, 11) is 0. The number of hydrogen-bond acceptors (Lipinski definition) is 2. The summed E-state index contributed by atoms with van der Waals surface area (Å²) >= 11 is 0. The molecule has 0 saturated carbocycles. The second-order valence-electron chi connectivity index (χ2n) is 7.87. The number of rotatable bonds is 4. The Balaban J connectivity index is 1.87. The average molecular weight is 266 g/mol. The molecule has 3 unspecified atom stereocenters. The first-order valence-electron chi connectivity index (χ1n) is 8.46. The summed E-state index contributed by atoms with van der Waals surface area (Å²) in [5, 5.41) is 7.53. The normalized spacial score (nSPS) is 33.6. The number of nitrogens with one attached hydrogen (secondary N) is 2. The molecule has 19 heavy (non-hydrogen) atoms. The van der Waals surface area contributed by atoms with E-state index in [-0.39, 0.29) is 0 Å². The van der Waals surface area contributed by atoms with Gasteiger partial charge >= 0.3 is 0 Å². The minimum atomic E-state index is 0.428. The first-order valence-corrected chi connectivity index (χ1v) is 8.46. The van der Waals surface area contributed by atoms with Gasteiger partial charge in [-0.05, 0) is 62.4 Å².